The second kappa shape index (κ2) is 10.5. The van der Waals surface area contributed by atoms with Gasteiger partial charge in [-0.1, -0.05) is 20.8 Å². The summed E-state index contributed by atoms with van der Waals surface area (Å²) in [6.45, 7) is 14.5. The lowest BCUT2D eigenvalue weighted by Crippen LogP contribution is -2.44. The van der Waals surface area contributed by atoms with Crippen LogP contribution in [0.2, 0.25) is 0 Å². The number of imidazole rings is 1. The van der Waals surface area contributed by atoms with E-state index in [9.17, 15) is 9.59 Å². The minimum absolute atomic E-state index is 0.0629. The quantitative estimate of drug-likeness (QED) is 0.383. The van der Waals surface area contributed by atoms with Gasteiger partial charge in [0.1, 0.15) is 17.2 Å². The molecule has 0 bridgehead atoms. The maximum absolute atomic E-state index is 13.0. The van der Waals surface area contributed by atoms with Crippen LogP contribution in [0.5, 0.6) is 0 Å². The molecule has 210 valence electrons. The lowest BCUT2D eigenvalue weighted by atomic mass is 9.92. The molecule has 4 heterocycles. The highest BCUT2D eigenvalue weighted by Crippen LogP contribution is 2.32. The molecule has 0 unspecified atom stereocenters. The number of aryl methyl sites for hydroxylation is 2. The molecule has 0 spiro atoms. The van der Waals surface area contributed by atoms with E-state index >= 15 is 0 Å². The van der Waals surface area contributed by atoms with Gasteiger partial charge in [0.25, 0.3) is 11.5 Å². The Hall–Kier alpha value is -3.98. The molecule has 1 saturated heterocycles. The first-order valence-corrected chi connectivity index (χ1v) is 13.8. The summed E-state index contributed by atoms with van der Waals surface area (Å²) < 4.78 is 2.06. The normalized spacial score (nSPS) is 14.7. The minimum Gasteiger partial charge on any atom is -0.366 e. The van der Waals surface area contributed by atoms with E-state index in [4.69, 9.17) is 15.7 Å². The van der Waals surface area contributed by atoms with E-state index in [0.29, 0.717) is 29.6 Å². The summed E-state index contributed by atoms with van der Waals surface area (Å²) in [6, 6.07) is 9.89. The van der Waals surface area contributed by atoms with Crippen LogP contribution in [-0.2, 0) is 13.0 Å². The summed E-state index contributed by atoms with van der Waals surface area (Å²) >= 11 is 0. The van der Waals surface area contributed by atoms with Crippen molar-refractivity contribution in [3.63, 3.8) is 0 Å². The second-order valence-corrected chi connectivity index (χ2v) is 12.2. The lowest BCUT2D eigenvalue weighted by molar-refractivity contribution is 0.100. The van der Waals surface area contributed by atoms with Crippen molar-refractivity contribution in [2.24, 2.45) is 11.1 Å². The van der Waals surface area contributed by atoms with Gasteiger partial charge in [-0.25, -0.2) is 9.97 Å². The molecule has 0 radical (unpaired) electrons. The summed E-state index contributed by atoms with van der Waals surface area (Å²) in [4.78, 5) is 42.9. The van der Waals surface area contributed by atoms with Gasteiger partial charge in [-0.2, -0.15) is 0 Å². The van der Waals surface area contributed by atoms with Crippen LogP contribution in [0.15, 0.2) is 41.3 Å². The number of piperazine rings is 1. The molecule has 1 fully saturated rings. The van der Waals surface area contributed by atoms with E-state index in [2.05, 4.69) is 47.2 Å². The zero-order valence-electron chi connectivity index (χ0n) is 24.3. The maximum atomic E-state index is 13.0. The molecule has 9 heteroatoms. The minimum atomic E-state index is -0.537. The van der Waals surface area contributed by atoms with E-state index in [1.54, 1.807) is 6.07 Å². The number of pyridine rings is 2. The third kappa shape index (κ3) is 5.65. The molecule has 0 aliphatic carbocycles. The Morgan fingerprint density at radius 3 is 2.38 bits per heavy atom. The number of anilines is 1. The fourth-order valence-corrected chi connectivity index (χ4v) is 5.43. The van der Waals surface area contributed by atoms with Crippen molar-refractivity contribution in [3.8, 4) is 11.1 Å². The monoisotopic (exact) mass is 541 g/mol. The summed E-state index contributed by atoms with van der Waals surface area (Å²) in [5.74, 6) is 1.22. The molecule has 3 N–H and O–H groups in total. The number of hydrogen-bond acceptors (Lipinski definition) is 6. The number of nitrogens with zero attached hydrogens (tertiary/aromatic N) is 5. The molecule has 5 rings (SSSR count). The van der Waals surface area contributed by atoms with Crippen LogP contribution >= 0.6 is 0 Å². The molecular formula is C31H39N7O2. The van der Waals surface area contributed by atoms with Crippen LogP contribution in [0.1, 0.15) is 53.8 Å². The van der Waals surface area contributed by atoms with Crippen LogP contribution in [0.4, 0.5) is 5.82 Å². The van der Waals surface area contributed by atoms with Gasteiger partial charge in [0.2, 0.25) is 0 Å². The number of benzene rings is 1. The van der Waals surface area contributed by atoms with Gasteiger partial charge >= 0.3 is 0 Å². The number of rotatable bonds is 6. The Labute approximate surface area is 235 Å². The van der Waals surface area contributed by atoms with E-state index in [0.717, 1.165) is 65.7 Å². The number of H-pyrrole nitrogens is 1. The summed E-state index contributed by atoms with van der Waals surface area (Å²) in [7, 11) is 2.13. The van der Waals surface area contributed by atoms with Crippen LogP contribution in [0.25, 0.3) is 22.2 Å². The molecule has 9 nitrogen and oxygen atoms in total. The Kier molecular flexibility index (Phi) is 7.27. The first-order valence-electron chi connectivity index (χ1n) is 13.8. The van der Waals surface area contributed by atoms with E-state index in [1.807, 2.05) is 44.3 Å². The van der Waals surface area contributed by atoms with Crippen LogP contribution in [-0.4, -0.2) is 63.6 Å². The number of aromatic nitrogens is 4. The first-order chi connectivity index (χ1) is 18.9. The highest BCUT2D eigenvalue weighted by Gasteiger charge is 2.23. The molecular weight excluding hydrogens is 502 g/mol. The summed E-state index contributed by atoms with van der Waals surface area (Å²) in [5.41, 5.74) is 11.5. The number of nitrogens with one attached hydrogen (secondary N) is 1. The molecule has 4 aromatic rings. The Morgan fingerprint density at radius 2 is 1.77 bits per heavy atom. The highest BCUT2D eigenvalue weighted by atomic mass is 16.1. The Bertz CT molecular complexity index is 1620. The smallest absolute Gasteiger partial charge is 0.253 e. The van der Waals surface area contributed by atoms with Crippen LogP contribution in [0, 0.1) is 19.3 Å². The van der Waals surface area contributed by atoms with Crippen molar-refractivity contribution >= 4 is 22.8 Å². The van der Waals surface area contributed by atoms with Gasteiger partial charge in [0.05, 0.1) is 17.6 Å². The molecule has 0 atom stereocenters. The van der Waals surface area contributed by atoms with Gasteiger partial charge in [-0.15, -0.1) is 0 Å². The maximum Gasteiger partial charge on any atom is 0.253 e. The van der Waals surface area contributed by atoms with E-state index in [-0.39, 0.29) is 11.0 Å². The summed E-state index contributed by atoms with van der Waals surface area (Å²) in [5, 5.41) is 0. The van der Waals surface area contributed by atoms with Crippen LogP contribution in [0.3, 0.4) is 0 Å². The van der Waals surface area contributed by atoms with Crippen molar-refractivity contribution < 1.29 is 4.79 Å². The third-order valence-corrected chi connectivity index (χ3v) is 7.61. The lowest BCUT2D eigenvalue weighted by Gasteiger charge is -2.33. The first kappa shape index (κ1) is 27.6. The standard InChI is InChI=1S/C31H39N7O2/c1-19-13-20(2)34-30(40)24(19)18-38-25-15-22(14-23(29(32)39)28(25)35-27(38)16-31(3,4)5)21-7-8-26(33-17-21)37-11-9-36(6)10-12-37/h7-8,13-15,17H,9-12,16,18H2,1-6H3,(H2,32,39)(H,34,40). The van der Waals surface area contributed by atoms with Crippen molar-refractivity contribution in [2.75, 3.05) is 38.1 Å². The van der Waals surface area contributed by atoms with Crippen molar-refractivity contribution in [1.29, 1.82) is 0 Å². The van der Waals surface area contributed by atoms with Crippen LogP contribution < -0.4 is 16.2 Å². The van der Waals surface area contributed by atoms with Gasteiger partial charge in [-0.3, -0.25) is 9.59 Å². The molecule has 1 aromatic carbocycles. The number of nitrogens with two attached hydrogens (primary N) is 1. The Morgan fingerprint density at radius 1 is 1.05 bits per heavy atom. The molecule has 3 aromatic heterocycles. The zero-order valence-corrected chi connectivity index (χ0v) is 24.3. The number of fused-ring (bicyclic) bond motifs is 1. The fourth-order valence-electron chi connectivity index (χ4n) is 5.43. The third-order valence-electron chi connectivity index (χ3n) is 7.61. The zero-order chi connectivity index (χ0) is 28.8. The van der Waals surface area contributed by atoms with Gasteiger partial charge in [0, 0.05) is 55.6 Å². The number of likely N-dealkylation sites (N-methyl/N-ethyl adjacent to an activating group) is 1. The fraction of sp³-hybridized carbons (Fsp3) is 0.419. The molecule has 1 aliphatic rings. The number of aromatic amines is 1. The number of hydrogen-bond donors (Lipinski definition) is 2. The number of carbonyl (C=O) groups is 1. The predicted octanol–water partition coefficient (Wildman–Crippen LogP) is 3.89. The summed E-state index contributed by atoms with van der Waals surface area (Å²) in [6.07, 6.45) is 2.52. The average Bonchev–Trinajstić information content (AvgIpc) is 3.21. The second-order valence-electron chi connectivity index (χ2n) is 12.2. The van der Waals surface area contributed by atoms with Crippen molar-refractivity contribution in [2.45, 2.75) is 47.6 Å². The highest BCUT2D eigenvalue weighted by molar-refractivity contribution is 6.06. The van der Waals surface area contributed by atoms with E-state index < -0.39 is 5.91 Å². The molecule has 1 amide bonds. The number of carbonyl (C=O) groups excluding carboxylic acids is 1. The van der Waals surface area contributed by atoms with Gasteiger partial charge in [-0.05, 0) is 67.8 Å². The number of primary amides is 1. The topological polar surface area (TPSA) is 113 Å². The van der Waals surface area contributed by atoms with E-state index in [1.165, 1.54) is 0 Å². The number of amides is 1. The van der Waals surface area contributed by atoms with Crippen molar-refractivity contribution in [3.05, 3.63) is 75.1 Å². The van der Waals surface area contributed by atoms with Gasteiger partial charge < -0.3 is 25.1 Å². The largest absolute Gasteiger partial charge is 0.366 e. The van der Waals surface area contributed by atoms with Crippen molar-refractivity contribution in [1.82, 2.24) is 24.4 Å². The molecule has 0 saturated carbocycles. The molecule has 1 aliphatic heterocycles. The Balaban J connectivity index is 1.64. The predicted molar refractivity (Wildman–Crippen MR) is 160 cm³/mol. The SMILES string of the molecule is Cc1cc(C)c(Cn2c(CC(C)(C)C)nc3c(C(N)=O)cc(-c4ccc(N5CCN(C)CC5)nc4)cc32)c(=O)[nH]1. The van der Waals surface area contributed by atoms with Gasteiger partial charge in [0.15, 0.2) is 0 Å². The molecule has 40 heavy (non-hydrogen) atoms. The average molecular weight is 542 g/mol.